The molecule has 0 saturated heterocycles. The number of carbonyl (C=O) groups excluding carboxylic acids is 1. The van der Waals surface area contributed by atoms with Crippen LogP contribution >= 0.6 is 23.2 Å². The average Bonchev–Trinajstić information content (AvgIpc) is 2.30. The van der Waals surface area contributed by atoms with Crippen molar-refractivity contribution in [1.82, 2.24) is 10.2 Å². The minimum atomic E-state index is -0.367. The molecule has 0 fully saturated rings. The van der Waals surface area contributed by atoms with Crippen LogP contribution in [0, 0.1) is 0 Å². The average molecular weight is 317 g/mol. The maximum absolute atomic E-state index is 11.9. The van der Waals surface area contributed by atoms with Crippen molar-refractivity contribution in [1.29, 1.82) is 0 Å². The Kier molecular flexibility index (Phi) is 5.25. The Labute approximate surface area is 128 Å². The van der Waals surface area contributed by atoms with Crippen molar-refractivity contribution in [3.8, 4) is 0 Å². The Hall–Kier alpha value is -1.46. The molecule has 0 atom stereocenters. The molecule has 5 nitrogen and oxygen atoms in total. The van der Waals surface area contributed by atoms with Crippen molar-refractivity contribution in [2.45, 2.75) is 26.3 Å². The van der Waals surface area contributed by atoms with Crippen LogP contribution < -0.4 is 11.1 Å². The molecule has 0 heterocycles. The van der Waals surface area contributed by atoms with E-state index in [1.165, 1.54) is 11.9 Å². The zero-order valence-electron chi connectivity index (χ0n) is 11.9. The number of nitrogens with one attached hydrogen (secondary N) is 1. The second-order valence-electron chi connectivity index (χ2n) is 5.28. The van der Waals surface area contributed by atoms with Crippen LogP contribution in [0.25, 0.3) is 0 Å². The van der Waals surface area contributed by atoms with E-state index < -0.39 is 0 Å². The number of hydrogen-bond donors (Lipinski definition) is 2. The monoisotopic (exact) mass is 316 g/mol. The van der Waals surface area contributed by atoms with E-state index in [0.29, 0.717) is 15.7 Å². The molecule has 3 N–H and O–H groups in total. The number of amides is 2. The second kappa shape index (κ2) is 6.33. The molecule has 0 bridgehead atoms. The van der Waals surface area contributed by atoms with E-state index in [9.17, 15) is 4.79 Å². The van der Waals surface area contributed by atoms with Gasteiger partial charge in [-0.25, -0.2) is 9.79 Å². The number of carbonyl (C=O) groups is 1. The first-order chi connectivity index (χ1) is 9.11. The Morgan fingerprint density at radius 2 is 1.80 bits per heavy atom. The van der Waals surface area contributed by atoms with Gasteiger partial charge in [0.1, 0.15) is 5.69 Å². The fourth-order valence-corrected chi connectivity index (χ4v) is 1.78. The predicted octanol–water partition coefficient (Wildman–Crippen LogP) is 3.38. The minimum absolute atomic E-state index is 0.00162. The zero-order chi connectivity index (χ0) is 15.5. The molecule has 2 amide bonds. The van der Waals surface area contributed by atoms with Crippen molar-refractivity contribution in [2.75, 3.05) is 7.05 Å². The van der Waals surface area contributed by atoms with Crippen LogP contribution in [0.15, 0.2) is 23.2 Å². The van der Waals surface area contributed by atoms with E-state index in [1.54, 1.807) is 18.2 Å². The lowest BCUT2D eigenvalue weighted by molar-refractivity contribution is 0.217. The van der Waals surface area contributed by atoms with E-state index in [2.05, 4.69) is 10.3 Å². The largest absolute Gasteiger partial charge is 0.369 e. The first-order valence-electron chi connectivity index (χ1n) is 5.96. The summed E-state index contributed by atoms with van der Waals surface area (Å²) in [5.74, 6) is 0.00162. The molecule has 0 aliphatic rings. The van der Waals surface area contributed by atoms with E-state index >= 15 is 0 Å². The van der Waals surface area contributed by atoms with Gasteiger partial charge in [0.15, 0.2) is 0 Å². The van der Waals surface area contributed by atoms with Gasteiger partial charge >= 0.3 is 6.03 Å². The summed E-state index contributed by atoms with van der Waals surface area (Å²) in [6, 6.07) is 4.64. The van der Waals surface area contributed by atoms with Crippen LogP contribution in [-0.4, -0.2) is 29.5 Å². The summed E-state index contributed by atoms with van der Waals surface area (Å²) in [5, 5.41) is 3.51. The Morgan fingerprint density at radius 3 is 2.25 bits per heavy atom. The molecule has 0 aliphatic heterocycles. The van der Waals surface area contributed by atoms with Crippen molar-refractivity contribution in [3.05, 3.63) is 28.2 Å². The molecule has 0 spiro atoms. The molecular weight excluding hydrogens is 299 g/mol. The smallest absolute Gasteiger partial charge is 0.324 e. The van der Waals surface area contributed by atoms with Crippen LogP contribution in [0.4, 0.5) is 10.5 Å². The van der Waals surface area contributed by atoms with Gasteiger partial charge in [0.05, 0.1) is 10.0 Å². The summed E-state index contributed by atoms with van der Waals surface area (Å²) in [5.41, 5.74) is 5.77. The molecule has 0 saturated carbocycles. The highest BCUT2D eigenvalue weighted by Gasteiger charge is 2.19. The van der Waals surface area contributed by atoms with Gasteiger partial charge < -0.3 is 11.1 Å². The van der Waals surface area contributed by atoms with Gasteiger partial charge in [-0.15, -0.1) is 0 Å². The zero-order valence-corrected chi connectivity index (χ0v) is 13.4. The Balaban J connectivity index is 2.97. The van der Waals surface area contributed by atoms with Crippen molar-refractivity contribution >= 4 is 40.9 Å². The highest BCUT2D eigenvalue weighted by atomic mass is 35.5. The Bertz CT molecular complexity index is 517. The highest BCUT2D eigenvalue weighted by molar-refractivity contribution is 6.38. The maximum atomic E-state index is 11.9. The number of halogens is 2. The van der Waals surface area contributed by atoms with Crippen molar-refractivity contribution in [2.24, 2.45) is 10.7 Å². The number of guanidine groups is 1. The molecular formula is C13H18Cl2N4O. The third-order valence-corrected chi connectivity index (χ3v) is 2.90. The van der Waals surface area contributed by atoms with Crippen LogP contribution in [0.5, 0.6) is 0 Å². The summed E-state index contributed by atoms with van der Waals surface area (Å²) >= 11 is 12.0. The molecule has 1 rings (SSSR count). The normalized spacial score (nSPS) is 12.2. The quantitative estimate of drug-likeness (QED) is 0.616. The topological polar surface area (TPSA) is 70.7 Å². The summed E-state index contributed by atoms with van der Waals surface area (Å²) in [4.78, 5) is 17.3. The minimum Gasteiger partial charge on any atom is -0.369 e. The fourth-order valence-electron chi connectivity index (χ4n) is 1.29. The molecule has 110 valence electrons. The molecule has 7 heteroatoms. The molecule has 1 aromatic carbocycles. The molecule has 20 heavy (non-hydrogen) atoms. The highest BCUT2D eigenvalue weighted by Crippen LogP contribution is 2.32. The number of rotatable bonds is 1. The lowest BCUT2D eigenvalue weighted by Crippen LogP contribution is -2.50. The molecule has 0 aliphatic carbocycles. The van der Waals surface area contributed by atoms with Gasteiger partial charge in [0, 0.05) is 12.6 Å². The number of nitrogens with two attached hydrogens (primary N) is 1. The van der Waals surface area contributed by atoms with Crippen LogP contribution in [0.1, 0.15) is 20.8 Å². The second-order valence-corrected chi connectivity index (χ2v) is 6.09. The molecule has 1 aromatic rings. The first-order valence-corrected chi connectivity index (χ1v) is 6.71. The number of nitrogens with zero attached hydrogens (tertiary/aromatic N) is 2. The predicted molar refractivity (Wildman–Crippen MR) is 83.8 cm³/mol. The Morgan fingerprint density at radius 1 is 1.30 bits per heavy atom. The number of hydrogen-bond acceptors (Lipinski definition) is 2. The third-order valence-electron chi connectivity index (χ3n) is 2.29. The molecule has 0 unspecified atom stereocenters. The first kappa shape index (κ1) is 16.6. The van der Waals surface area contributed by atoms with Crippen molar-refractivity contribution in [3.63, 3.8) is 0 Å². The SMILES string of the molecule is CN(C(=O)NC(C)(C)C)C(N)=Nc1c(Cl)cccc1Cl. The van der Waals surface area contributed by atoms with Crippen LogP contribution in [0.2, 0.25) is 10.0 Å². The molecule has 0 aromatic heterocycles. The van der Waals surface area contributed by atoms with Gasteiger partial charge in [-0.1, -0.05) is 29.3 Å². The number of benzene rings is 1. The van der Waals surface area contributed by atoms with Crippen molar-refractivity contribution < 1.29 is 4.79 Å². The maximum Gasteiger partial charge on any atom is 0.324 e. The van der Waals surface area contributed by atoms with Crippen LogP contribution in [-0.2, 0) is 0 Å². The van der Waals surface area contributed by atoms with Gasteiger partial charge in [0.2, 0.25) is 5.96 Å². The van der Waals surface area contributed by atoms with E-state index in [1.807, 2.05) is 20.8 Å². The van der Waals surface area contributed by atoms with Gasteiger partial charge in [-0.2, -0.15) is 0 Å². The summed E-state index contributed by atoms with van der Waals surface area (Å²) in [6.07, 6.45) is 0. The fraction of sp³-hybridized carbons (Fsp3) is 0.385. The summed E-state index contributed by atoms with van der Waals surface area (Å²) < 4.78 is 0. The lowest BCUT2D eigenvalue weighted by Gasteiger charge is -2.25. The molecule has 0 radical (unpaired) electrons. The summed E-state index contributed by atoms with van der Waals surface area (Å²) in [6.45, 7) is 5.62. The summed E-state index contributed by atoms with van der Waals surface area (Å²) in [7, 11) is 1.52. The van der Waals surface area contributed by atoms with Crippen LogP contribution in [0.3, 0.4) is 0 Å². The lowest BCUT2D eigenvalue weighted by atomic mass is 10.1. The van der Waals surface area contributed by atoms with Gasteiger partial charge in [-0.3, -0.25) is 4.90 Å². The third kappa shape index (κ3) is 4.58. The van der Waals surface area contributed by atoms with Gasteiger partial charge in [0.25, 0.3) is 0 Å². The number of urea groups is 1. The van der Waals surface area contributed by atoms with Gasteiger partial charge in [-0.05, 0) is 32.9 Å². The number of aliphatic imine (C=N–C) groups is 1. The van der Waals surface area contributed by atoms with E-state index in [-0.39, 0.29) is 17.5 Å². The van der Waals surface area contributed by atoms with E-state index in [0.717, 1.165) is 0 Å². The van der Waals surface area contributed by atoms with E-state index in [4.69, 9.17) is 28.9 Å². The number of para-hydroxylation sites is 1. The standard InChI is InChI=1S/C13H18Cl2N4O/c1-13(2,3)18-12(20)19(4)11(16)17-10-8(14)6-5-7-9(10)15/h5-7H,1-4H3,(H2,16,17)(H,18,20).